The van der Waals surface area contributed by atoms with E-state index < -0.39 is 0 Å². The van der Waals surface area contributed by atoms with E-state index in [9.17, 15) is 4.79 Å². The topological polar surface area (TPSA) is 29.5 Å². The van der Waals surface area contributed by atoms with Gasteiger partial charge in [-0.05, 0) is 12.0 Å². The number of carbonyl (C=O) groups excluding carboxylic acids is 1. The van der Waals surface area contributed by atoms with E-state index >= 15 is 0 Å². The fourth-order valence-electron chi connectivity index (χ4n) is 1.37. The highest BCUT2D eigenvalue weighted by molar-refractivity contribution is 5.69. The molecule has 1 rings (SSSR count). The first-order chi connectivity index (χ1) is 6.69. The van der Waals surface area contributed by atoms with Crippen LogP contribution in [0.2, 0.25) is 0 Å². The number of likely N-dealkylation sites (N-methyl/N-ethyl adjacent to an activating group) is 1. The molecule has 1 aliphatic rings. The summed E-state index contributed by atoms with van der Waals surface area (Å²) in [4.78, 5) is 12.7. The maximum Gasteiger partial charge on any atom is 0.409 e. The molecule has 14 heavy (non-hydrogen) atoms. The summed E-state index contributed by atoms with van der Waals surface area (Å²) < 4.78 is 4.90. The van der Waals surface area contributed by atoms with Crippen LogP contribution >= 0.6 is 0 Å². The Morgan fingerprint density at radius 1 is 1.71 bits per heavy atom. The lowest BCUT2D eigenvalue weighted by Crippen LogP contribution is -2.29. The van der Waals surface area contributed by atoms with Gasteiger partial charge in [0.2, 0.25) is 0 Å². The molecule has 1 aliphatic heterocycles. The largest absolute Gasteiger partial charge is 0.447 e. The number of carbonyl (C=O) groups is 1. The number of nitrogens with zero attached hydrogens (tertiary/aromatic N) is 1. The van der Waals surface area contributed by atoms with Crippen molar-refractivity contribution in [2.45, 2.75) is 12.5 Å². The second-order valence-electron chi connectivity index (χ2n) is 3.23. The number of hydrogen-bond acceptors (Lipinski definition) is 2. The van der Waals surface area contributed by atoms with Gasteiger partial charge in [0.15, 0.2) is 0 Å². The van der Waals surface area contributed by atoms with Gasteiger partial charge in [-0.1, -0.05) is 31.4 Å². The standard InChI is InChI=1S/C11H15NO2/c1-4-6-9(5-2)7-10-8-14-11(13)12(10)3/h4-6,10H,1-2,7-8H2,3H3/b9-6+/t10-/m0/s1. The van der Waals surface area contributed by atoms with Crippen LogP contribution in [0.3, 0.4) is 0 Å². The predicted octanol–water partition coefficient (Wildman–Crippen LogP) is 2.13. The molecule has 1 atom stereocenters. The number of allylic oxidation sites excluding steroid dienone is 3. The molecular formula is C11H15NO2. The predicted molar refractivity (Wildman–Crippen MR) is 56.0 cm³/mol. The third kappa shape index (κ3) is 2.25. The molecule has 0 aromatic rings. The molecule has 0 spiro atoms. The van der Waals surface area contributed by atoms with E-state index in [2.05, 4.69) is 13.2 Å². The minimum Gasteiger partial charge on any atom is -0.447 e. The Hall–Kier alpha value is -1.51. The average molecular weight is 193 g/mol. The molecule has 0 N–H and O–H groups in total. The van der Waals surface area contributed by atoms with Gasteiger partial charge in [-0.2, -0.15) is 0 Å². The first kappa shape index (κ1) is 10.6. The van der Waals surface area contributed by atoms with Crippen molar-refractivity contribution < 1.29 is 9.53 Å². The minimum atomic E-state index is -0.253. The third-order valence-corrected chi connectivity index (χ3v) is 2.30. The van der Waals surface area contributed by atoms with Crippen LogP contribution in [0.15, 0.2) is 37.0 Å². The Labute approximate surface area is 84.3 Å². The monoisotopic (exact) mass is 193 g/mol. The molecule has 3 nitrogen and oxygen atoms in total. The number of hydrogen-bond donors (Lipinski definition) is 0. The molecular weight excluding hydrogens is 178 g/mol. The first-order valence-electron chi connectivity index (χ1n) is 4.52. The van der Waals surface area contributed by atoms with Crippen molar-refractivity contribution in [2.75, 3.05) is 13.7 Å². The van der Waals surface area contributed by atoms with Gasteiger partial charge in [-0.25, -0.2) is 4.79 Å². The second-order valence-corrected chi connectivity index (χ2v) is 3.23. The van der Waals surface area contributed by atoms with E-state index in [-0.39, 0.29) is 12.1 Å². The van der Waals surface area contributed by atoms with Crippen LogP contribution < -0.4 is 0 Å². The Bertz CT molecular complexity index is 281. The average Bonchev–Trinajstić information content (AvgIpc) is 2.49. The summed E-state index contributed by atoms with van der Waals surface area (Å²) in [6, 6.07) is 0.117. The highest BCUT2D eigenvalue weighted by Crippen LogP contribution is 2.17. The Kier molecular flexibility index (Phi) is 3.51. The quantitative estimate of drug-likeness (QED) is 0.640. The van der Waals surface area contributed by atoms with Gasteiger partial charge in [-0.15, -0.1) is 0 Å². The van der Waals surface area contributed by atoms with E-state index in [1.165, 1.54) is 0 Å². The van der Waals surface area contributed by atoms with Crippen LogP contribution in [0.25, 0.3) is 0 Å². The summed E-state index contributed by atoms with van der Waals surface area (Å²) in [5.74, 6) is 0. The van der Waals surface area contributed by atoms with Crippen molar-refractivity contribution in [3.8, 4) is 0 Å². The Balaban J connectivity index is 2.60. The van der Waals surface area contributed by atoms with Crippen LogP contribution in [-0.4, -0.2) is 30.7 Å². The first-order valence-corrected chi connectivity index (χ1v) is 4.52. The van der Waals surface area contributed by atoms with Crippen molar-refractivity contribution in [3.63, 3.8) is 0 Å². The molecule has 1 amide bonds. The molecule has 0 bridgehead atoms. The normalized spacial score (nSPS) is 22.1. The number of amides is 1. The van der Waals surface area contributed by atoms with Gasteiger partial charge in [0.25, 0.3) is 0 Å². The van der Waals surface area contributed by atoms with E-state index in [0.29, 0.717) is 6.61 Å². The minimum absolute atomic E-state index is 0.117. The second kappa shape index (κ2) is 4.65. The highest BCUT2D eigenvalue weighted by Gasteiger charge is 2.29. The van der Waals surface area contributed by atoms with Crippen molar-refractivity contribution in [3.05, 3.63) is 37.0 Å². The number of ether oxygens (including phenoxy) is 1. The lowest BCUT2D eigenvalue weighted by Gasteiger charge is -2.15. The zero-order valence-corrected chi connectivity index (χ0v) is 8.40. The van der Waals surface area contributed by atoms with Crippen molar-refractivity contribution in [1.82, 2.24) is 4.90 Å². The molecule has 3 heteroatoms. The fraction of sp³-hybridized carbons (Fsp3) is 0.364. The molecule has 0 radical (unpaired) electrons. The van der Waals surface area contributed by atoms with Gasteiger partial charge < -0.3 is 9.64 Å². The number of cyclic esters (lactones) is 1. The lowest BCUT2D eigenvalue weighted by atomic mass is 10.1. The van der Waals surface area contributed by atoms with Gasteiger partial charge in [0.1, 0.15) is 6.61 Å². The molecule has 1 heterocycles. The van der Waals surface area contributed by atoms with E-state index in [1.807, 2.05) is 6.08 Å². The zero-order valence-electron chi connectivity index (χ0n) is 8.40. The van der Waals surface area contributed by atoms with Crippen molar-refractivity contribution in [2.24, 2.45) is 0 Å². The van der Waals surface area contributed by atoms with Crippen LogP contribution in [0.4, 0.5) is 4.79 Å². The van der Waals surface area contributed by atoms with Crippen LogP contribution in [-0.2, 0) is 4.74 Å². The summed E-state index contributed by atoms with van der Waals surface area (Å²) in [6.07, 6.45) is 5.89. The van der Waals surface area contributed by atoms with Crippen LogP contribution in [0, 0.1) is 0 Å². The molecule has 0 aromatic carbocycles. The lowest BCUT2D eigenvalue weighted by molar-refractivity contribution is 0.163. The molecule has 0 aromatic heterocycles. The van der Waals surface area contributed by atoms with Crippen LogP contribution in [0.5, 0.6) is 0 Å². The summed E-state index contributed by atoms with van der Waals surface area (Å²) >= 11 is 0. The maximum atomic E-state index is 11.1. The smallest absolute Gasteiger partial charge is 0.409 e. The fourth-order valence-corrected chi connectivity index (χ4v) is 1.37. The summed E-state index contributed by atoms with van der Waals surface area (Å²) in [5, 5.41) is 0. The summed E-state index contributed by atoms with van der Waals surface area (Å²) in [6.45, 7) is 7.78. The van der Waals surface area contributed by atoms with Gasteiger partial charge in [-0.3, -0.25) is 0 Å². The van der Waals surface area contributed by atoms with Gasteiger partial charge in [0.05, 0.1) is 6.04 Å². The SMILES string of the molecule is C=C/C=C(\C=C)C[C@H]1COC(=O)N1C. The van der Waals surface area contributed by atoms with Crippen LogP contribution in [0.1, 0.15) is 6.42 Å². The van der Waals surface area contributed by atoms with Gasteiger partial charge >= 0.3 is 6.09 Å². The van der Waals surface area contributed by atoms with E-state index in [4.69, 9.17) is 4.74 Å². The number of rotatable bonds is 4. The molecule has 0 saturated carbocycles. The molecule has 0 aliphatic carbocycles. The Morgan fingerprint density at radius 3 is 2.86 bits per heavy atom. The molecule has 1 saturated heterocycles. The zero-order chi connectivity index (χ0) is 10.6. The van der Waals surface area contributed by atoms with Gasteiger partial charge in [0, 0.05) is 7.05 Å². The molecule has 76 valence electrons. The van der Waals surface area contributed by atoms with E-state index in [0.717, 1.165) is 12.0 Å². The molecule has 1 fully saturated rings. The van der Waals surface area contributed by atoms with Crippen molar-refractivity contribution in [1.29, 1.82) is 0 Å². The summed E-state index contributed by atoms with van der Waals surface area (Å²) in [7, 11) is 1.74. The Morgan fingerprint density at radius 2 is 2.43 bits per heavy atom. The summed E-state index contributed by atoms with van der Waals surface area (Å²) in [5.41, 5.74) is 1.06. The third-order valence-electron chi connectivity index (χ3n) is 2.30. The maximum absolute atomic E-state index is 11.1. The highest BCUT2D eigenvalue weighted by atomic mass is 16.6. The molecule has 0 unspecified atom stereocenters. The van der Waals surface area contributed by atoms with Crippen molar-refractivity contribution >= 4 is 6.09 Å². The van der Waals surface area contributed by atoms with E-state index in [1.54, 1.807) is 24.1 Å².